The number of hydrogen-bond donors (Lipinski definition) is 0. The fourth-order valence-corrected chi connectivity index (χ4v) is 0.619. The SMILES string of the molecule is C=CCC(C=O)C=CC. The molecule has 1 unspecified atom stereocenters. The van der Waals surface area contributed by atoms with Crippen LogP contribution in [0.3, 0.4) is 0 Å². The molecule has 0 N–H and O–H groups in total. The number of carbonyl (C=O) groups is 1. The van der Waals surface area contributed by atoms with E-state index in [0.717, 1.165) is 12.7 Å². The monoisotopic (exact) mass is 124 g/mol. The van der Waals surface area contributed by atoms with Gasteiger partial charge in [-0.15, -0.1) is 6.58 Å². The summed E-state index contributed by atoms with van der Waals surface area (Å²) in [6, 6.07) is 0. The molecule has 50 valence electrons. The van der Waals surface area contributed by atoms with Crippen LogP contribution >= 0.6 is 0 Å². The molecule has 0 spiro atoms. The summed E-state index contributed by atoms with van der Waals surface area (Å²) in [4.78, 5) is 10.2. The van der Waals surface area contributed by atoms with Gasteiger partial charge in [-0.05, 0) is 13.3 Å². The lowest BCUT2D eigenvalue weighted by molar-refractivity contribution is -0.109. The van der Waals surface area contributed by atoms with E-state index in [1.54, 1.807) is 6.08 Å². The molecule has 0 radical (unpaired) electrons. The Hall–Kier alpha value is -0.850. The van der Waals surface area contributed by atoms with E-state index in [-0.39, 0.29) is 5.92 Å². The maximum Gasteiger partial charge on any atom is 0.127 e. The van der Waals surface area contributed by atoms with Crippen LogP contribution in [0, 0.1) is 5.92 Å². The maximum absolute atomic E-state index is 10.2. The zero-order valence-electron chi connectivity index (χ0n) is 5.71. The highest BCUT2D eigenvalue weighted by Gasteiger charge is 1.95. The van der Waals surface area contributed by atoms with Gasteiger partial charge in [-0.1, -0.05) is 18.2 Å². The van der Waals surface area contributed by atoms with E-state index in [4.69, 9.17) is 0 Å². The molecule has 0 amide bonds. The largest absolute Gasteiger partial charge is 0.303 e. The summed E-state index contributed by atoms with van der Waals surface area (Å²) < 4.78 is 0. The molecular formula is C8H12O. The van der Waals surface area contributed by atoms with Crippen molar-refractivity contribution >= 4 is 6.29 Å². The van der Waals surface area contributed by atoms with Gasteiger partial charge in [0.1, 0.15) is 6.29 Å². The molecule has 0 saturated carbocycles. The van der Waals surface area contributed by atoms with E-state index < -0.39 is 0 Å². The fourth-order valence-electron chi connectivity index (χ4n) is 0.619. The molecule has 0 aliphatic rings. The van der Waals surface area contributed by atoms with E-state index in [0.29, 0.717) is 0 Å². The first-order valence-corrected chi connectivity index (χ1v) is 3.04. The molecule has 0 saturated heterocycles. The minimum atomic E-state index is 0.0347. The van der Waals surface area contributed by atoms with Crippen LogP contribution in [0.15, 0.2) is 24.8 Å². The smallest absolute Gasteiger partial charge is 0.127 e. The number of aldehydes is 1. The molecule has 1 atom stereocenters. The van der Waals surface area contributed by atoms with E-state index in [1.807, 2.05) is 19.1 Å². The van der Waals surface area contributed by atoms with Crippen molar-refractivity contribution in [2.75, 3.05) is 0 Å². The quantitative estimate of drug-likeness (QED) is 0.413. The van der Waals surface area contributed by atoms with Gasteiger partial charge in [0.25, 0.3) is 0 Å². The average molecular weight is 124 g/mol. The molecule has 0 aliphatic heterocycles. The van der Waals surface area contributed by atoms with E-state index in [2.05, 4.69) is 6.58 Å². The Balaban J connectivity index is 3.66. The van der Waals surface area contributed by atoms with Crippen LogP contribution in [0.4, 0.5) is 0 Å². The Bertz CT molecular complexity index is 114. The summed E-state index contributed by atoms with van der Waals surface area (Å²) in [6.45, 7) is 5.44. The third kappa shape index (κ3) is 3.71. The van der Waals surface area contributed by atoms with Gasteiger partial charge >= 0.3 is 0 Å². The van der Waals surface area contributed by atoms with Crippen molar-refractivity contribution in [2.24, 2.45) is 5.92 Å². The molecule has 0 aliphatic carbocycles. The van der Waals surface area contributed by atoms with Gasteiger partial charge in [-0.2, -0.15) is 0 Å². The van der Waals surface area contributed by atoms with Crippen molar-refractivity contribution in [2.45, 2.75) is 13.3 Å². The lowest BCUT2D eigenvalue weighted by Gasteiger charge is -1.95. The summed E-state index contributed by atoms with van der Waals surface area (Å²) in [7, 11) is 0. The molecule has 0 fully saturated rings. The van der Waals surface area contributed by atoms with Crippen molar-refractivity contribution in [1.82, 2.24) is 0 Å². The zero-order chi connectivity index (χ0) is 7.11. The predicted molar refractivity (Wildman–Crippen MR) is 39.2 cm³/mol. The van der Waals surface area contributed by atoms with Crippen LogP contribution < -0.4 is 0 Å². The third-order valence-corrected chi connectivity index (χ3v) is 1.05. The van der Waals surface area contributed by atoms with Crippen molar-refractivity contribution in [3.05, 3.63) is 24.8 Å². The second kappa shape index (κ2) is 5.29. The highest BCUT2D eigenvalue weighted by molar-refractivity contribution is 5.56. The van der Waals surface area contributed by atoms with Gasteiger partial charge in [0, 0.05) is 5.92 Å². The number of rotatable bonds is 4. The standard InChI is InChI=1S/C8H12O/c1-3-5-8(7-9)6-4-2/h3-4,6-8H,1,5H2,2H3. The Labute approximate surface area is 56.1 Å². The molecule has 0 rings (SSSR count). The lowest BCUT2D eigenvalue weighted by atomic mass is 10.1. The zero-order valence-corrected chi connectivity index (χ0v) is 5.71. The molecule has 1 nitrogen and oxygen atoms in total. The Morgan fingerprint density at radius 2 is 2.33 bits per heavy atom. The Kier molecular flexibility index (Phi) is 4.79. The highest BCUT2D eigenvalue weighted by Crippen LogP contribution is 2.00. The van der Waals surface area contributed by atoms with Crippen molar-refractivity contribution in [3.63, 3.8) is 0 Å². The summed E-state index contributed by atoms with van der Waals surface area (Å²) in [5.41, 5.74) is 0. The first-order chi connectivity index (χ1) is 4.35. The van der Waals surface area contributed by atoms with Crippen LogP contribution in [0.1, 0.15) is 13.3 Å². The average Bonchev–Trinajstić information content (AvgIpc) is 1.88. The first kappa shape index (κ1) is 8.15. The fraction of sp³-hybridized carbons (Fsp3) is 0.375. The molecule has 0 bridgehead atoms. The topological polar surface area (TPSA) is 17.1 Å². The van der Waals surface area contributed by atoms with Gasteiger partial charge in [0.05, 0.1) is 0 Å². The molecule has 9 heavy (non-hydrogen) atoms. The van der Waals surface area contributed by atoms with E-state index in [1.165, 1.54) is 0 Å². The number of hydrogen-bond acceptors (Lipinski definition) is 1. The number of allylic oxidation sites excluding steroid dienone is 3. The van der Waals surface area contributed by atoms with Crippen LogP contribution in [-0.2, 0) is 4.79 Å². The van der Waals surface area contributed by atoms with Crippen LogP contribution in [0.5, 0.6) is 0 Å². The summed E-state index contributed by atoms with van der Waals surface area (Å²) >= 11 is 0. The third-order valence-electron chi connectivity index (χ3n) is 1.05. The van der Waals surface area contributed by atoms with Gasteiger partial charge in [-0.25, -0.2) is 0 Å². The maximum atomic E-state index is 10.2. The van der Waals surface area contributed by atoms with Crippen molar-refractivity contribution in [1.29, 1.82) is 0 Å². The molecule has 0 aromatic heterocycles. The summed E-state index contributed by atoms with van der Waals surface area (Å²) in [6.07, 6.45) is 7.17. The van der Waals surface area contributed by atoms with Crippen LogP contribution in [0.2, 0.25) is 0 Å². The predicted octanol–water partition coefficient (Wildman–Crippen LogP) is 1.95. The van der Waals surface area contributed by atoms with Crippen molar-refractivity contribution < 1.29 is 4.79 Å². The Morgan fingerprint density at radius 1 is 1.67 bits per heavy atom. The van der Waals surface area contributed by atoms with Gasteiger partial charge < -0.3 is 4.79 Å². The first-order valence-electron chi connectivity index (χ1n) is 3.04. The van der Waals surface area contributed by atoms with Gasteiger partial charge in [0.2, 0.25) is 0 Å². The van der Waals surface area contributed by atoms with Crippen molar-refractivity contribution in [3.8, 4) is 0 Å². The van der Waals surface area contributed by atoms with Crippen LogP contribution in [-0.4, -0.2) is 6.29 Å². The number of carbonyl (C=O) groups excluding carboxylic acids is 1. The molecule has 0 aromatic carbocycles. The summed E-state index contributed by atoms with van der Waals surface area (Å²) in [5, 5.41) is 0. The Morgan fingerprint density at radius 3 is 2.67 bits per heavy atom. The minimum Gasteiger partial charge on any atom is -0.303 e. The lowest BCUT2D eigenvalue weighted by Crippen LogP contribution is -1.94. The molecule has 1 heteroatoms. The highest BCUT2D eigenvalue weighted by atomic mass is 16.1. The van der Waals surface area contributed by atoms with Crippen LogP contribution in [0.25, 0.3) is 0 Å². The minimum absolute atomic E-state index is 0.0347. The second-order valence-electron chi connectivity index (χ2n) is 1.85. The summed E-state index contributed by atoms with van der Waals surface area (Å²) in [5.74, 6) is 0.0347. The van der Waals surface area contributed by atoms with Gasteiger partial charge in [0.15, 0.2) is 0 Å². The normalized spacial score (nSPS) is 13.4. The molecule has 0 heterocycles. The van der Waals surface area contributed by atoms with E-state index >= 15 is 0 Å². The van der Waals surface area contributed by atoms with Gasteiger partial charge in [-0.3, -0.25) is 0 Å². The molecular weight excluding hydrogens is 112 g/mol. The molecule has 0 aromatic rings. The van der Waals surface area contributed by atoms with E-state index in [9.17, 15) is 4.79 Å². The second-order valence-corrected chi connectivity index (χ2v) is 1.85.